The molecule has 3 aromatic carbocycles. The number of anilines is 1. The Morgan fingerprint density at radius 3 is 2.38 bits per heavy atom. The third-order valence-corrected chi connectivity index (χ3v) is 4.79. The van der Waals surface area contributed by atoms with Crippen LogP contribution in [-0.2, 0) is 4.79 Å². The number of hydrogen-bond donors (Lipinski definition) is 2. The van der Waals surface area contributed by atoms with Gasteiger partial charge in [-0.25, -0.2) is 9.38 Å². The summed E-state index contributed by atoms with van der Waals surface area (Å²) in [7, 11) is 0. The number of hydrogen-bond acceptors (Lipinski definition) is 3. The monoisotopic (exact) mass is 407 g/mol. The van der Waals surface area contributed by atoms with E-state index >= 15 is 0 Å². The van der Waals surface area contributed by atoms with E-state index in [1.165, 1.54) is 6.07 Å². The Kier molecular flexibility index (Phi) is 5.10. The van der Waals surface area contributed by atoms with Gasteiger partial charge in [-0.1, -0.05) is 54.1 Å². The smallest absolute Gasteiger partial charge is 0.269 e. The maximum Gasteiger partial charge on any atom is 0.269 e. The molecular weight excluding hydrogens is 393 g/mol. The number of nitrogens with zero attached hydrogens (tertiary/aromatic N) is 1. The average molecular weight is 408 g/mol. The number of amides is 2. The first-order chi connectivity index (χ1) is 14.0. The normalized spacial score (nSPS) is 15.6. The molecule has 0 bridgehead atoms. The summed E-state index contributed by atoms with van der Waals surface area (Å²) in [4.78, 5) is 29.8. The van der Waals surface area contributed by atoms with Crippen LogP contribution in [0.2, 0.25) is 5.02 Å². The van der Waals surface area contributed by atoms with Crippen LogP contribution in [0.15, 0.2) is 77.8 Å². The van der Waals surface area contributed by atoms with E-state index in [1.807, 2.05) is 0 Å². The summed E-state index contributed by atoms with van der Waals surface area (Å²) in [5.74, 6) is -1.57. The summed E-state index contributed by atoms with van der Waals surface area (Å²) in [5, 5.41) is 5.56. The lowest BCUT2D eigenvalue weighted by Gasteiger charge is -2.14. The molecule has 3 aromatic rings. The van der Waals surface area contributed by atoms with E-state index in [4.69, 9.17) is 11.6 Å². The fourth-order valence-corrected chi connectivity index (χ4v) is 3.29. The lowest BCUT2D eigenvalue weighted by atomic mass is 10.0. The third kappa shape index (κ3) is 3.75. The van der Waals surface area contributed by atoms with Crippen molar-refractivity contribution in [3.8, 4) is 0 Å². The Labute approximate surface area is 171 Å². The van der Waals surface area contributed by atoms with Gasteiger partial charge in [-0.05, 0) is 30.3 Å². The number of fused-ring (bicyclic) bond motifs is 1. The summed E-state index contributed by atoms with van der Waals surface area (Å²) in [6.45, 7) is 0. The van der Waals surface area contributed by atoms with Crippen LogP contribution in [0.1, 0.15) is 21.5 Å². The van der Waals surface area contributed by atoms with Crippen LogP contribution in [0.4, 0.5) is 10.1 Å². The van der Waals surface area contributed by atoms with E-state index in [1.54, 1.807) is 66.7 Å². The van der Waals surface area contributed by atoms with Gasteiger partial charge in [0.05, 0.1) is 22.0 Å². The molecule has 0 fully saturated rings. The predicted octanol–water partition coefficient (Wildman–Crippen LogP) is 4.02. The van der Waals surface area contributed by atoms with Crippen molar-refractivity contribution in [2.75, 3.05) is 5.32 Å². The van der Waals surface area contributed by atoms with Crippen LogP contribution in [-0.4, -0.2) is 23.7 Å². The summed E-state index contributed by atoms with van der Waals surface area (Å²) < 4.78 is 14.5. The van der Waals surface area contributed by atoms with Crippen LogP contribution in [0.3, 0.4) is 0 Å². The molecule has 0 spiro atoms. The molecule has 0 saturated heterocycles. The highest BCUT2D eigenvalue weighted by Crippen LogP contribution is 2.25. The average Bonchev–Trinajstić information content (AvgIpc) is 2.85. The number of halogens is 2. The van der Waals surface area contributed by atoms with Crippen molar-refractivity contribution >= 4 is 34.8 Å². The Morgan fingerprint density at radius 1 is 0.966 bits per heavy atom. The molecule has 0 radical (unpaired) electrons. The molecule has 0 unspecified atom stereocenters. The van der Waals surface area contributed by atoms with E-state index in [2.05, 4.69) is 15.6 Å². The molecule has 29 heavy (non-hydrogen) atoms. The Bertz CT molecular complexity index is 1150. The van der Waals surface area contributed by atoms with Crippen LogP contribution in [0.25, 0.3) is 0 Å². The van der Waals surface area contributed by atoms with Gasteiger partial charge in [0.25, 0.3) is 11.8 Å². The SMILES string of the molecule is O=C(N[C@H]1N=C(c2ccccc2F)c2ccccc2NC1=O)c1ccccc1Cl. The lowest BCUT2D eigenvalue weighted by molar-refractivity contribution is -0.117. The van der Waals surface area contributed by atoms with Gasteiger partial charge < -0.3 is 10.6 Å². The number of nitrogens with one attached hydrogen (secondary N) is 2. The van der Waals surface area contributed by atoms with E-state index in [0.717, 1.165) is 0 Å². The summed E-state index contributed by atoms with van der Waals surface area (Å²) in [6.07, 6.45) is -1.26. The summed E-state index contributed by atoms with van der Waals surface area (Å²) in [5.41, 5.74) is 1.75. The van der Waals surface area contributed by atoms with E-state index in [0.29, 0.717) is 11.3 Å². The zero-order valence-corrected chi connectivity index (χ0v) is 15.8. The van der Waals surface area contributed by atoms with Gasteiger partial charge in [0, 0.05) is 11.1 Å². The van der Waals surface area contributed by atoms with Crippen LogP contribution >= 0.6 is 11.6 Å². The van der Waals surface area contributed by atoms with Gasteiger partial charge in [-0.3, -0.25) is 9.59 Å². The molecule has 1 heterocycles. The van der Waals surface area contributed by atoms with E-state index in [-0.39, 0.29) is 21.9 Å². The highest BCUT2D eigenvalue weighted by atomic mass is 35.5. The zero-order chi connectivity index (χ0) is 20.4. The van der Waals surface area contributed by atoms with Crippen molar-refractivity contribution in [1.82, 2.24) is 5.32 Å². The van der Waals surface area contributed by atoms with E-state index < -0.39 is 23.8 Å². The molecule has 5 nitrogen and oxygen atoms in total. The molecule has 0 aromatic heterocycles. The molecule has 1 aliphatic rings. The molecule has 1 atom stereocenters. The molecule has 0 aliphatic carbocycles. The molecule has 1 aliphatic heterocycles. The zero-order valence-electron chi connectivity index (χ0n) is 15.0. The van der Waals surface area contributed by atoms with Crippen molar-refractivity contribution in [2.24, 2.45) is 4.99 Å². The molecule has 7 heteroatoms. The minimum atomic E-state index is -1.26. The van der Waals surface area contributed by atoms with Crippen molar-refractivity contribution < 1.29 is 14.0 Å². The first-order valence-electron chi connectivity index (χ1n) is 8.83. The summed E-state index contributed by atoms with van der Waals surface area (Å²) in [6, 6.07) is 19.6. The molecular formula is C22H15ClFN3O2. The first-order valence-corrected chi connectivity index (χ1v) is 9.21. The van der Waals surface area contributed by atoms with Crippen molar-refractivity contribution in [3.05, 3.63) is 100 Å². The number of rotatable bonds is 3. The third-order valence-electron chi connectivity index (χ3n) is 4.46. The van der Waals surface area contributed by atoms with Gasteiger partial charge in [-0.2, -0.15) is 0 Å². The van der Waals surface area contributed by atoms with Gasteiger partial charge in [0.15, 0.2) is 0 Å². The van der Waals surface area contributed by atoms with Crippen LogP contribution in [0, 0.1) is 5.82 Å². The van der Waals surface area contributed by atoms with Crippen LogP contribution in [0.5, 0.6) is 0 Å². The second-order valence-corrected chi connectivity index (χ2v) is 6.76. The van der Waals surface area contributed by atoms with Crippen molar-refractivity contribution in [1.29, 1.82) is 0 Å². The maximum absolute atomic E-state index is 14.5. The Morgan fingerprint density at radius 2 is 1.62 bits per heavy atom. The fourth-order valence-electron chi connectivity index (χ4n) is 3.07. The minimum Gasteiger partial charge on any atom is -0.322 e. The molecule has 0 saturated carbocycles. The lowest BCUT2D eigenvalue weighted by Crippen LogP contribution is -2.42. The largest absolute Gasteiger partial charge is 0.322 e. The molecule has 2 N–H and O–H groups in total. The van der Waals surface area contributed by atoms with Gasteiger partial charge in [0.2, 0.25) is 6.17 Å². The van der Waals surface area contributed by atoms with Crippen LogP contribution < -0.4 is 10.6 Å². The number of benzene rings is 3. The molecule has 2 amide bonds. The summed E-state index contributed by atoms with van der Waals surface area (Å²) >= 11 is 6.08. The highest BCUT2D eigenvalue weighted by Gasteiger charge is 2.28. The van der Waals surface area contributed by atoms with Crippen molar-refractivity contribution in [2.45, 2.75) is 6.17 Å². The quantitative estimate of drug-likeness (QED) is 0.688. The van der Waals surface area contributed by atoms with E-state index in [9.17, 15) is 14.0 Å². The second-order valence-electron chi connectivity index (χ2n) is 6.35. The highest BCUT2D eigenvalue weighted by molar-refractivity contribution is 6.34. The fraction of sp³-hybridized carbons (Fsp3) is 0.0455. The minimum absolute atomic E-state index is 0.214. The van der Waals surface area contributed by atoms with Gasteiger partial charge in [0.1, 0.15) is 5.82 Å². The molecule has 4 rings (SSSR count). The predicted molar refractivity (Wildman–Crippen MR) is 110 cm³/mol. The molecule has 144 valence electrons. The number of para-hydroxylation sites is 1. The topological polar surface area (TPSA) is 70.6 Å². The van der Waals surface area contributed by atoms with Gasteiger partial charge in [-0.15, -0.1) is 0 Å². The van der Waals surface area contributed by atoms with Crippen molar-refractivity contribution in [3.63, 3.8) is 0 Å². The number of carbonyl (C=O) groups is 2. The second kappa shape index (κ2) is 7.85. The Hall–Kier alpha value is -3.51. The first kappa shape index (κ1) is 18.8. The van der Waals surface area contributed by atoms with Gasteiger partial charge >= 0.3 is 0 Å². The number of benzodiazepines with no additional fused rings is 1. The number of carbonyl (C=O) groups excluding carboxylic acids is 2. The Balaban J connectivity index is 1.78. The maximum atomic E-state index is 14.5. The number of aliphatic imine (C=N–C) groups is 1. The standard InChI is InChI=1S/C22H15ClFN3O2/c23-16-10-4-1-7-13(16)21(28)27-20-22(29)25-18-12-6-3-9-15(18)19(26-20)14-8-2-5-11-17(14)24/h1-12,20H,(H,25,29)(H,27,28)/t20-/m1/s1.